The van der Waals surface area contributed by atoms with Gasteiger partial charge in [0.05, 0.1) is 13.2 Å². The zero-order chi connectivity index (χ0) is 18.7. The second kappa shape index (κ2) is 7.83. The van der Waals surface area contributed by atoms with E-state index in [1.54, 1.807) is 18.2 Å². The quantitative estimate of drug-likeness (QED) is 0.875. The van der Waals surface area contributed by atoms with Crippen LogP contribution in [0.1, 0.15) is 36.4 Å². The van der Waals surface area contributed by atoms with Crippen molar-refractivity contribution < 1.29 is 23.4 Å². The number of ether oxygens (including phenoxy) is 1. The Balaban J connectivity index is 2.08. The van der Waals surface area contributed by atoms with E-state index in [-0.39, 0.29) is 11.6 Å². The molecule has 3 rings (SSSR count). The molecule has 138 valence electrons. The third-order valence-corrected chi connectivity index (χ3v) is 4.84. The van der Waals surface area contributed by atoms with Crippen LogP contribution in [-0.2, 0) is 4.79 Å². The van der Waals surface area contributed by atoms with E-state index in [0.717, 1.165) is 18.4 Å². The van der Waals surface area contributed by atoms with Gasteiger partial charge < -0.3 is 9.84 Å². The Hall–Kier alpha value is -2.47. The highest BCUT2D eigenvalue weighted by atomic mass is 19.1. The fraction of sp³-hybridized carbons (Fsp3) is 0.350. The normalized spacial score (nSPS) is 19.1. The molecular formula is C20H21F2NO3. The Morgan fingerprint density at radius 1 is 1.15 bits per heavy atom. The fourth-order valence-electron chi connectivity index (χ4n) is 3.60. The minimum Gasteiger partial charge on any atom is -0.494 e. The SMILES string of the molecule is COc1ccc(C(c2ccc(F)cc2)N2CCCCC2C(=O)O)cc1F. The molecule has 0 aliphatic carbocycles. The molecule has 0 spiro atoms. The second-order valence-corrected chi connectivity index (χ2v) is 6.44. The van der Waals surface area contributed by atoms with Crippen LogP contribution < -0.4 is 4.74 Å². The van der Waals surface area contributed by atoms with Crippen molar-refractivity contribution >= 4 is 5.97 Å². The average Bonchev–Trinajstić information content (AvgIpc) is 2.64. The monoisotopic (exact) mass is 361 g/mol. The number of carboxylic acid groups (broad SMARTS) is 1. The van der Waals surface area contributed by atoms with Gasteiger partial charge in [-0.25, -0.2) is 8.78 Å². The highest BCUT2D eigenvalue weighted by Gasteiger charge is 2.35. The third kappa shape index (κ3) is 3.70. The third-order valence-electron chi connectivity index (χ3n) is 4.84. The van der Waals surface area contributed by atoms with Crippen LogP contribution in [0.25, 0.3) is 0 Å². The largest absolute Gasteiger partial charge is 0.494 e. The Morgan fingerprint density at radius 3 is 2.46 bits per heavy atom. The van der Waals surface area contributed by atoms with Crippen LogP contribution in [-0.4, -0.2) is 35.7 Å². The van der Waals surface area contributed by atoms with Gasteiger partial charge in [-0.2, -0.15) is 0 Å². The number of likely N-dealkylation sites (tertiary alicyclic amines) is 1. The average molecular weight is 361 g/mol. The summed E-state index contributed by atoms with van der Waals surface area (Å²) < 4.78 is 32.6. The lowest BCUT2D eigenvalue weighted by molar-refractivity contribution is -0.145. The summed E-state index contributed by atoms with van der Waals surface area (Å²) in [5.41, 5.74) is 1.34. The molecular weight excluding hydrogens is 340 g/mol. The first-order chi connectivity index (χ1) is 12.5. The number of benzene rings is 2. The first-order valence-electron chi connectivity index (χ1n) is 8.58. The summed E-state index contributed by atoms with van der Waals surface area (Å²) in [5.74, 6) is -1.66. The van der Waals surface area contributed by atoms with E-state index in [0.29, 0.717) is 18.5 Å². The standard InChI is InChI=1S/C20H21F2NO3/c1-26-18-10-7-14(12-16(18)22)19(13-5-8-15(21)9-6-13)23-11-3-2-4-17(23)20(24)25/h5-10,12,17,19H,2-4,11H2,1H3,(H,24,25). The first kappa shape index (κ1) is 18.3. The zero-order valence-electron chi connectivity index (χ0n) is 14.5. The maximum atomic E-state index is 14.3. The lowest BCUT2D eigenvalue weighted by Crippen LogP contribution is -2.46. The molecule has 4 nitrogen and oxygen atoms in total. The van der Waals surface area contributed by atoms with E-state index in [1.165, 1.54) is 31.4 Å². The van der Waals surface area contributed by atoms with E-state index in [4.69, 9.17) is 4.74 Å². The number of rotatable bonds is 5. The number of carbonyl (C=O) groups is 1. The summed E-state index contributed by atoms with van der Waals surface area (Å²) in [6, 6.07) is 9.39. The van der Waals surface area contributed by atoms with Gasteiger partial charge in [-0.3, -0.25) is 9.69 Å². The Morgan fingerprint density at radius 2 is 1.85 bits per heavy atom. The van der Waals surface area contributed by atoms with Crippen molar-refractivity contribution in [1.29, 1.82) is 0 Å². The molecule has 0 aromatic heterocycles. The molecule has 6 heteroatoms. The molecule has 1 aliphatic rings. The number of nitrogens with zero attached hydrogens (tertiary/aromatic N) is 1. The minimum atomic E-state index is -0.897. The van der Waals surface area contributed by atoms with E-state index in [2.05, 4.69) is 0 Å². The van der Waals surface area contributed by atoms with Gasteiger partial charge in [0.2, 0.25) is 0 Å². The summed E-state index contributed by atoms with van der Waals surface area (Å²) in [7, 11) is 1.39. The number of carboxylic acids is 1. The van der Waals surface area contributed by atoms with Crippen molar-refractivity contribution in [3.8, 4) is 5.75 Å². The molecule has 2 aromatic rings. The maximum Gasteiger partial charge on any atom is 0.320 e. The molecule has 1 N–H and O–H groups in total. The molecule has 1 heterocycles. The van der Waals surface area contributed by atoms with Gasteiger partial charge in [0.15, 0.2) is 11.6 Å². The molecule has 0 radical (unpaired) electrons. The molecule has 0 bridgehead atoms. The zero-order valence-corrected chi connectivity index (χ0v) is 14.5. The van der Waals surface area contributed by atoms with Crippen molar-refractivity contribution in [2.75, 3.05) is 13.7 Å². The van der Waals surface area contributed by atoms with Gasteiger partial charge in [-0.05, 0) is 54.8 Å². The predicted molar refractivity (Wildman–Crippen MR) is 93.2 cm³/mol. The van der Waals surface area contributed by atoms with Crippen LogP contribution >= 0.6 is 0 Å². The molecule has 1 saturated heterocycles. The molecule has 2 aromatic carbocycles. The van der Waals surface area contributed by atoms with Gasteiger partial charge in [-0.15, -0.1) is 0 Å². The van der Waals surface area contributed by atoms with Crippen molar-refractivity contribution in [2.45, 2.75) is 31.3 Å². The van der Waals surface area contributed by atoms with Crippen molar-refractivity contribution in [2.24, 2.45) is 0 Å². The molecule has 0 amide bonds. The van der Waals surface area contributed by atoms with Gasteiger partial charge in [0.25, 0.3) is 0 Å². The fourth-order valence-corrected chi connectivity index (χ4v) is 3.60. The van der Waals surface area contributed by atoms with Crippen molar-refractivity contribution in [1.82, 2.24) is 4.90 Å². The Labute approximate surface area is 151 Å². The van der Waals surface area contributed by atoms with Gasteiger partial charge in [0.1, 0.15) is 11.9 Å². The van der Waals surface area contributed by atoms with Crippen LogP contribution in [0.15, 0.2) is 42.5 Å². The number of aliphatic carboxylic acids is 1. The first-order valence-corrected chi connectivity index (χ1v) is 8.58. The minimum absolute atomic E-state index is 0.125. The van der Waals surface area contributed by atoms with Crippen LogP contribution in [0.3, 0.4) is 0 Å². The Kier molecular flexibility index (Phi) is 5.52. The van der Waals surface area contributed by atoms with Gasteiger partial charge in [-0.1, -0.05) is 24.6 Å². The predicted octanol–water partition coefficient (Wildman–Crippen LogP) is 4.00. The van der Waals surface area contributed by atoms with Crippen molar-refractivity contribution in [3.05, 3.63) is 65.2 Å². The lowest BCUT2D eigenvalue weighted by Gasteiger charge is -2.39. The van der Waals surface area contributed by atoms with Crippen molar-refractivity contribution in [3.63, 3.8) is 0 Å². The highest BCUT2D eigenvalue weighted by molar-refractivity contribution is 5.73. The molecule has 1 fully saturated rings. The number of methoxy groups -OCH3 is 1. The van der Waals surface area contributed by atoms with E-state index in [1.807, 2.05) is 4.90 Å². The molecule has 2 unspecified atom stereocenters. The summed E-state index contributed by atoms with van der Waals surface area (Å²) >= 11 is 0. The van der Waals surface area contributed by atoms with Crippen LogP contribution in [0.5, 0.6) is 5.75 Å². The molecule has 26 heavy (non-hydrogen) atoms. The molecule has 2 atom stereocenters. The van der Waals surface area contributed by atoms with Gasteiger partial charge >= 0.3 is 5.97 Å². The smallest absolute Gasteiger partial charge is 0.320 e. The summed E-state index contributed by atoms with van der Waals surface area (Å²) in [5, 5.41) is 9.64. The van der Waals surface area contributed by atoms with E-state index >= 15 is 0 Å². The maximum absolute atomic E-state index is 14.3. The van der Waals surface area contributed by atoms with Crippen LogP contribution in [0.4, 0.5) is 8.78 Å². The Bertz CT molecular complexity index is 779. The van der Waals surface area contributed by atoms with E-state index in [9.17, 15) is 18.7 Å². The lowest BCUT2D eigenvalue weighted by atomic mass is 9.91. The summed E-state index contributed by atoms with van der Waals surface area (Å²) in [6.45, 7) is 0.576. The second-order valence-electron chi connectivity index (χ2n) is 6.44. The number of hydrogen-bond acceptors (Lipinski definition) is 3. The molecule has 0 saturated carbocycles. The number of piperidine rings is 1. The number of halogens is 2. The summed E-state index contributed by atoms with van der Waals surface area (Å²) in [6.07, 6.45) is 2.23. The highest BCUT2D eigenvalue weighted by Crippen LogP contribution is 2.35. The van der Waals surface area contributed by atoms with Gasteiger partial charge in [0, 0.05) is 0 Å². The number of hydrogen-bond donors (Lipinski definition) is 1. The topological polar surface area (TPSA) is 49.8 Å². The van der Waals surface area contributed by atoms with E-state index < -0.39 is 23.9 Å². The summed E-state index contributed by atoms with van der Waals surface area (Å²) in [4.78, 5) is 13.6. The van der Waals surface area contributed by atoms with Crippen LogP contribution in [0.2, 0.25) is 0 Å². The van der Waals surface area contributed by atoms with Crippen LogP contribution in [0, 0.1) is 11.6 Å². The molecule has 1 aliphatic heterocycles.